The van der Waals surface area contributed by atoms with Crippen molar-refractivity contribution < 1.29 is 9.21 Å². The summed E-state index contributed by atoms with van der Waals surface area (Å²) < 4.78 is 6.21. The van der Waals surface area contributed by atoms with E-state index in [0.717, 1.165) is 79.7 Å². The number of amides is 1. The topological polar surface area (TPSA) is 69.5 Å². The number of benzene rings is 1. The van der Waals surface area contributed by atoms with Gasteiger partial charge in [0.15, 0.2) is 5.76 Å². The summed E-state index contributed by atoms with van der Waals surface area (Å²) in [5.74, 6) is 1.48. The third-order valence-corrected chi connectivity index (χ3v) is 7.52. The number of rotatable bonds is 3. The molecule has 1 aromatic heterocycles. The molecular weight excluding hydrogens is 412 g/mol. The Morgan fingerprint density at radius 2 is 2.03 bits per heavy atom. The first-order chi connectivity index (χ1) is 14.9. The average molecular weight is 443 g/mol. The van der Waals surface area contributed by atoms with Gasteiger partial charge in [-0.05, 0) is 63.9 Å². The minimum atomic E-state index is -0.251. The van der Waals surface area contributed by atoms with Gasteiger partial charge in [-0.15, -0.1) is 0 Å². The Bertz CT molecular complexity index is 1020. The molecule has 166 valence electrons. The number of nitrogens with zero attached hydrogens (tertiary/aromatic N) is 1. The molecule has 7 heteroatoms. The molecule has 6 nitrogen and oxygen atoms in total. The molecule has 1 saturated heterocycles. The van der Waals surface area contributed by atoms with Crippen molar-refractivity contribution in [3.05, 3.63) is 40.9 Å². The van der Waals surface area contributed by atoms with Gasteiger partial charge in [-0.2, -0.15) is 0 Å². The van der Waals surface area contributed by atoms with Crippen molar-refractivity contribution in [2.24, 2.45) is 5.92 Å². The van der Waals surface area contributed by atoms with Crippen LogP contribution < -0.4 is 16.0 Å². The van der Waals surface area contributed by atoms with Crippen LogP contribution in [-0.2, 0) is 5.54 Å². The second-order valence-electron chi connectivity index (χ2n) is 9.47. The molecule has 0 bridgehead atoms. The molecule has 2 aromatic rings. The maximum atomic E-state index is 12.9. The number of carbonyl (C=O) groups excluding carboxylic acids is 1. The van der Waals surface area contributed by atoms with Gasteiger partial charge >= 0.3 is 0 Å². The van der Waals surface area contributed by atoms with E-state index < -0.39 is 0 Å². The number of fused-ring (bicyclic) bond motifs is 4. The number of nitrogens with one attached hydrogen (secondary N) is 3. The van der Waals surface area contributed by atoms with E-state index in [2.05, 4.69) is 34.5 Å². The Morgan fingerprint density at radius 1 is 1.29 bits per heavy atom. The molecule has 2 aliphatic heterocycles. The predicted molar refractivity (Wildman–Crippen MR) is 124 cm³/mol. The summed E-state index contributed by atoms with van der Waals surface area (Å²) in [4.78, 5) is 15.2. The summed E-state index contributed by atoms with van der Waals surface area (Å²) in [5, 5.41) is 11.5. The SMILES string of the molecule is C=C1Nc2c(Cl)cc3cc(C(=O)NCC4CCN(C)CC4)oc3c2C2(CCCCC2)N1. The largest absolute Gasteiger partial charge is 0.450 e. The molecule has 1 saturated carbocycles. The number of halogens is 1. The molecule has 0 atom stereocenters. The highest BCUT2D eigenvalue weighted by Gasteiger charge is 2.42. The molecule has 3 N–H and O–H groups in total. The van der Waals surface area contributed by atoms with Crippen molar-refractivity contribution in [2.75, 3.05) is 32.0 Å². The first-order valence-corrected chi connectivity index (χ1v) is 11.8. The molecule has 3 heterocycles. The summed E-state index contributed by atoms with van der Waals surface area (Å²) in [6, 6.07) is 3.71. The van der Waals surface area contributed by atoms with Gasteiger partial charge in [0.05, 0.1) is 22.1 Å². The molecule has 5 rings (SSSR count). The molecular formula is C24H31ClN4O2. The fourth-order valence-electron chi connectivity index (χ4n) is 5.49. The highest BCUT2D eigenvalue weighted by Crippen LogP contribution is 2.49. The second kappa shape index (κ2) is 8.06. The molecule has 31 heavy (non-hydrogen) atoms. The minimum absolute atomic E-state index is 0.154. The molecule has 1 amide bonds. The van der Waals surface area contributed by atoms with Crippen LogP contribution in [0.25, 0.3) is 11.0 Å². The molecule has 1 aromatic carbocycles. The van der Waals surface area contributed by atoms with E-state index in [1.165, 1.54) is 6.42 Å². The van der Waals surface area contributed by atoms with Crippen molar-refractivity contribution in [2.45, 2.75) is 50.5 Å². The van der Waals surface area contributed by atoms with Crippen molar-refractivity contribution in [3.8, 4) is 0 Å². The van der Waals surface area contributed by atoms with E-state index in [9.17, 15) is 4.79 Å². The normalized spacial score (nSPS) is 21.5. The number of carbonyl (C=O) groups is 1. The maximum Gasteiger partial charge on any atom is 0.287 e. The zero-order valence-corrected chi connectivity index (χ0v) is 18.9. The van der Waals surface area contributed by atoms with Crippen molar-refractivity contribution in [1.29, 1.82) is 0 Å². The lowest BCUT2D eigenvalue weighted by Crippen LogP contribution is -2.48. The Balaban J connectivity index is 1.45. The maximum absolute atomic E-state index is 12.9. The number of hydrogen-bond acceptors (Lipinski definition) is 5. The molecule has 1 spiro atoms. The molecule has 0 unspecified atom stereocenters. The molecule has 0 radical (unpaired) electrons. The highest BCUT2D eigenvalue weighted by molar-refractivity contribution is 6.34. The van der Waals surface area contributed by atoms with Crippen molar-refractivity contribution >= 4 is 34.2 Å². The standard InChI is InChI=1S/C24H31ClN4O2/c1-15-27-21-18(25)12-17-13-19(23(30)26-14-16-6-10-29(2)11-7-16)31-22(17)20(21)24(28-15)8-4-3-5-9-24/h12-13,16,27-28H,1,3-11,14H2,2H3,(H,26,30). The van der Waals surface area contributed by atoms with Gasteiger partial charge in [-0.3, -0.25) is 4.79 Å². The lowest BCUT2D eigenvalue weighted by atomic mass is 9.74. The van der Waals surface area contributed by atoms with Gasteiger partial charge in [-0.25, -0.2) is 0 Å². The molecule has 1 aliphatic carbocycles. The summed E-state index contributed by atoms with van der Waals surface area (Å²) in [5.41, 5.74) is 2.39. The smallest absolute Gasteiger partial charge is 0.287 e. The predicted octanol–water partition coefficient (Wildman–Crippen LogP) is 4.80. The summed E-state index contributed by atoms with van der Waals surface area (Å²) in [6.07, 6.45) is 7.72. The van der Waals surface area contributed by atoms with Gasteiger partial charge in [-0.1, -0.05) is 37.4 Å². The van der Waals surface area contributed by atoms with Crippen LogP contribution in [0, 0.1) is 5.92 Å². The minimum Gasteiger partial charge on any atom is -0.450 e. The Morgan fingerprint density at radius 3 is 2.77 bits per heavy atom. The van der Waals surface area contributed by atoms with E-state index in [0.29, 0.717) is 23.2 Å². The monoisotopic (exact) mass is 442 g/mol. The summed E-state index contributed by atoms with van der Waals surface area (Å²) >= 11 is 6.67. The fraction of sp³-hybridized carbons (Fsp3) is 0.542. The van der Waals surface area contributed by atoms with E-state index in [4.69, 9.17) is 16.0 Å². The zero-order chi connectivity index (χ0) is 21.6. The van der Waals surface area contributed by atoms with E-state index >= 15 is 0 Å². The van der Waals surface area contributed by atoms with Crippen LogP contribution in [0.2, 0.25) is 5.02 Å². The second-order valence-corrected chi connectivity index (χ2v) is 9.87. The number of likely N-dealkylation sites (tertiary alicyclic amines) is 1. The number of piperidine rings is 1. The number of furan rings is 1. The third-order valence-electron chi connectivity index (χ3n) is 7.22. The first-order valence-electron chi connectivity index (χ1n) is 11.4. The Kier molecular flexibility index (Phi) is 5.39. The summed E-state index contributed by atoms with van der Waals surface area (Å²) in [7, 11) is 2.15. The first kappa shape index (κ1) is 20.7. The van der Waals surface area contributed by atoms with Crippen LogP contribution in [0.15, 0.2) is 28.9 Å². The van der Waals surface area contributed by atoms with Gasteiger partial charge in [0.1, 0.15) is 5.58 Å². The zero-order valence-electron chi connectivity index (χ0n) is 18.2. The van der Waals surface area contributed by atoms with E-state index in [1.54, 1.807) is 0 Å². The van der Waals surface area contributed by atoms with Crippen LogP contribution in [0.4, 0.5) is 5.69 Å². The van der Waals surface area contributed by atoms with Crippen molar-refractivity contribution in [1.82, 2.24) is 15.5 Å². The Hall–Kier alpha value is -2.18. The van der Waals surface area contributed by atoms with Crippen LogP contribution >= 0.6 is 11.6 Å². The Labute approximate surface area is 188 Å². The van der Waals surface area contributed by atoms with Gasteiger partial charge in [0.25, 0.3) is 5.91 Å². The van der Waals surface area contributed by atoms with E-state index in [1.807, 2.05) is 12.1 Å². The number of anilines is 1. The molecule has 2 fully saturated rings. The van der Waals surface area contributed by atoms with Crippen LogP contribution in [0.5, 0.6) is 0 Å². The van der Waals surface area contributed by atoms with Gasteiger partial charge in [0, 0.05) is 17.5 Å². The number of hydrogen-bond donors (Lipinski definition) is 3. The lowest BCUT2D eigenvalue weighted by molar-refractivity contribution is 0.0913. The van der Waals surface area contributed by atoms with Crippen LogP contribution in [-0.4, -0.2) is 37.5 Å². The van der Waals surface area contributed by atoms with Crippen LogP contribution in [0.3, 0.4) is 0 Å². The summed E-state index contributed by atoms with van der Waals surface area (Å²) in [6.45, 7) is 6.97. The average Bonchev–Trinajstić information content (AvgIpc) is 3.17. The van der Waals surface area contributed by atoms with Crippen molar-refractivity contribution in [3.63, 3.8) is 0 Å². The fourth-order valence-corrected chi connectivity index (χ4v) is 5.75. The van der Waals surface area contributed by atoms with Gasteiger partial charge < -0.3 is 25.3 Å². The highest BCUT2D eigenvalue weighted by atomic mass is 35.5. The van der Waals surface area contributed by atoms with Crippen LogP contribution in [0.1, 0.15) is 61.1 Å². The van der Waals surface area contributed by atoms with E-state index in [-0.39, 0.29) is 11.4 Å². The third kappa shape index (κ3) is 3.80. The quantitative estimate of drug-likeness (QED) is 0.636. The lowest BCUT2D eigenvalue weighted by Gasteiger charge is -2.44. The molecule has 3 aliphatic rings. The van der Waals surface area contributed by atoms with Gasteiger partial charge in [0.2, 0.25) is 0 Å².